The number of hydrogen-bond acceptors (Lipinski definition) is 4. The summed E-state index contributed by atoms with van der Waals surface area (Å²) in [5, 5.41) is 0. The zero-order valence-electron chi connectivity index (χ0n) is 18.0. The Morgan fingerprint density at radius 3 is 1.11 bits per heavy atom. The van der Waals surface area contributed by atoms with Crippen LogP contribution in [0.1, 0.15) is 27.7 Å². The molecule has 27 heavy (non-hydrogen) atoms. The van der Waals surface area contributed by atoms with E-state index in [-0.39, 0.29) is 12.2 Å². The summed E-state index contributed by atoms with van der Waals surface area (Å²) in [6.45, 7) is 8.38. The van der Waals surface area contributed by atoms with Crippen LogP contribution in [0.2, 0.25) is 0 Å². The molecule has 2 rings (SSSR count). The van der Waals surface area contributed by atoms with Gasteiger partial charge in [0.05, 0.1) is 0 Å². The van der Waals surface area contributed by atoms with Crippen LogP contribution in [0.3, 0.4) is 0 Å². The van der Waals surface area contributed by atoms with E-state index in [1.807, 2.05) is 0 Å². The molecular formula is C22H34N2O2Sn. The Hall–Kier alpha value is -1.24. The van der Waals surface area contributed by atoms with Gasteiger partial charge >= 0.3 is 170 Å². The van der Waals surface area contributed by atoms with Crippen LogP contribution in [-0.2, 0) is 6.15 Å². The molecule has 0 aliphatic heterocycles. The van der Waals surface area contributed by atoms with E-state index in [9.17, 15) is 0 Å². The zero-order valence-corrected chi connectivity index (χ0v) is 20.8. The monoisotopic (exact) mass is 478 g/mol. The van der Waals surface area contributed by atoms with Gasteiger partial charge in [-0.3, -0.25) is 0 Å². The molecule has 0 spiro atoms. The predicted octanol–water partition coefficient (Wildman–Crippen LogP) is 3.23. The average molecular weight is 477 g/mol. The molecule has 4 nitrogen and oxygen atoms in total. The zero-order chi connectivity index (χ0) is 20.2. The molecule has 0 amide bonds. The summed E-state index contributed by atoms with van der Waals surface area (Å²) < 4.78 is 15.8. The van der Waals surface area contributed by atoms with E-state index in [4.69, 9.17) is 6.15 Å². The first kappa shape index (κ1) is 22.1. The van der Waals surface area contributed by atoms with E-state index >= 15 is 0 Å². The second-order valence-electron chi connectivity index (χ2n) is 7.83. The maximum absolute atomic E-state index is 6.68. The van der Waals surface area contributed by atoms with Crippen molar-refractivity contribution in [1.82, 2.24) is 0 Å². The summed E-state index contributed by atoms with van der Waals surface area (Å²) in [6, 6.07) is 17.4. The second kappa shape index (κ2) is 9.30. The Bertz CT molecular complexity index is 647. The van der Waals surface area contributed by atoms with Crippen molar-refractivity contribution in [2.75, 3.05) is 38.0 Å². The number of rotatable bonds is 8. The van der Waals surface area contributed by atoms with Crippen LogP contribution in [0.15, 0.2) is 48.5 Å². The van der Waals surface area contributed by atoms with Crippen LogP contribution in [0.4, 0.5) is 11.4 Å². The van der Waals surface area contributed by atoms with Crippen molar-refractivity contribution in [3.8, 4) is 0 Å². The van der Waals surface area contributed by atoms with Gasteiger partial charge in [0.1, 0.15) is 0 Å². The molecule has 0 N–H and O–H groups in total. The average Bonchev–Trinajstić information content (AvgIpc) is 2.60. The van der Waals surface area contributed by atoms with Crippen molar-refractivity contribution in [1.29, 1.82) is 0 Å². The van der Waals surface area contributed by atoms with Gasteiger partial charge in [0.25, 0.3) is 0 Å². The molecule has 0 aliphatic rings. The first-order chi connectivity index (χ1) is 12.7. The second-order valence-corrected chi connectivity index (χ2v) is 16.0. The molecule has 0 aliphatic carbocycles. The normalized spacial score (nSPS) is 11.9. The molecule has 148 valence electrons. The van der Waals surface area contributed by atoms with Gasteiger partial charge in [-0.1, -0.05) is 0 Å². The number of anilines is 2. The van der Waals surface area contributed by atoms with Crippen LogP contribution in [0.25, 0.3) is 0 Å². The van der Waals surface area contributed by atoms with Crippen LogP contribution in [0.5, 0.6) is 0 Å². The number of nitrogens with zero attached hydrogens (tertiary/aromatic N) is 2. The van der Waals surface area contributed by atoms with Gasteiger partial charge in [-0.25, -0.2) is 0 Å². The fraction of sp³-hybridized carbons (Fsp3) is 0.455. The van der Waals surface area contributed by atoms with Crippen LogP contribution < -0.4 is 17.0 Å². The van der Waals surface area contributed by atoms with E-state index < -0.39 is 19.2 Å². The summed E-state index contributed by atoms with van der Waals surface area (Å²) >= 11 is -3.79. The van der Waals surface area contributed by atoms with Crippen LogP contribution in [-0.4, -0.2) is 59.6 Å². The summed E-state index contributed by atoms with van der Waals surface area (Å²) in [7, 11) is 8.23. The van der Waals surface area contributed by atoms with E-state index in [2.05, 4.69) is 114 Å². The Kier molecular flexibility index (Phi) is 7.60. The van der Waals surface area contributed by atoms with E-state index in [1.54, 1.807) is 0 Å². The molecule has 2 aromatic rings. The van der Waals surface area contributed by atoms with E-state index in [0.717, 1.165) is 0 Å². The summed E-state index contributed by atoms with van der Waals surface area (Å²) in [4.78, 5) is 4.22. The molecule has 0 fully saturated rings. The topological polar surface area (TPSA) is 24.9 Å². The third-order valence-electron chi connectivity index (χ3n) is 4.33. The van der Waals surface area contributed by atoms with Crippen LogP contribution in [0, 0.1) is 0 Å². The van der Waals surface area contributed by atoms with Gasteiger partial charge < -0.3 is 0 Å². The predicted molar refractivity (Wildman–Crippen MR) is 119 cm³/mol. The Labute approximate surface area is 170 Å². The standard InChI is InChI=1S/2C8H10N.2C3H7O.Sn/c2*1-9(2)8-6-4-3-5-7-8;2*1-3(2)4;/h2*4-7H,1-2H3;2*3H,1-2H3;/q;;2*-1;+2. The maximum atomic E-state index is 6.68. The summed E-state index contributed by atoms with van der Waals surface area (Å²) in [6.07, 6.45) is 0.197. The molecule has 0 unspecified atom stereocenters. The Balaban J connectivity index is 2.60. The molecule has 0 radical (unpaired) electrons. The molecule has 0 bridgehead atoms. The van der Waals surface area contributed by atoms with Gasteiger partial charge in [-0.15, -0.1) is 0 Å². The van der Waals surface area contributed by atoms with Gasteiger partial charge in [0.2, 0.25) is 0 Å². The van der Waals surface area contributed by atoms with Gasteiger partial charge in [-0.05, 0) is 0 Å². The third kappa shape index (κ3) is 5.39. The van der Waals surface area contributed by atoms with Crippen molar-refractivity contribution in [3.05, 3.63) is 48.5 Å². The van der Waals surface area contributed by atoms with Crippen molar-refractivity contribution in [2.24, 2.45) is 0 Å². The SMILES string of the molecule is CC(C)[O][Sn]([O]C(C)C)([c]1ccc(N(C)C)cc1)[c]1ccc(N(C)C)cc1. The first-order valence-electron chi connectivity index (χ1n) is 9.57. The van der Waals surface area contributed by atoms with Gasteiger partial charge in [0, 0.05) is 0 Å². The molecule has 0 saturated carbocycles. The molecule has 0 heterocycles. The van der Waals surface area contributed by atoms with Crippen molar-refractivity contribution in [2.45, 2.75) is 39.9 Å². The molecular weight excluding hydrogens is 443 g/mol. The summed E-state index contributed by atoms with van der Waals surface area (Å²) in [5.74, 6) is 0. The fourth-order valence-electron chi connectivity index (χ4n) is 3.09. The van der Waals surface area contributed by atoms with Gasteiger partial charge in [-0.2, -0.15) is 0 Å². The quantitative estimate of drug-likeness (QED) is 0.546. The molecule has 0 aromatic heterocycles. The first-order valence-corrected chi connectivity index (χ1v) is 14.8. The minimum atomic E-state index is -3.79. The van der Waals surface area contributed by atoms with E-state index in [1.165, 1.54) is 18.5 Å². The number of hydrogen-bond donors (Lipinski definition) is 0. The van der Waals surface area contributed by atoms with Crippen LogP contribution >= 0.6 is 0 Å². The molecule has 2 aromatic carbocycles. The van der Waals surface area contributed by atoms with Gasteiger partial charge in [0.15, 0.2) is 0 Å². The van der Waals surface area contributed by atoms with Crippen molar-refractivity contribution >= 4 is 37.7 Å². The van der Waals surface area contributed by atoms with Crippen molar-refractivity contribution < 1.29 is 6.15 Å². The molecule has 0 saturated heterocycles. The molecule has 0 atom stereocenters. The van der Waals surface area contributed by atoms with E-state index in [0.29, 0.717) is 0 Å². The summed E-state index contributed by atoms with van der Waals surface area (Å²) in [5.41, 5.74) is 2.35. The third-order valence-corrected chi connectivity index (χ3v) is 15.2. The molecule has 5 heteroatoms. The Morgan fingerprint density at radius 1 is 0.593 bits per heavy atom. The fourth-order valence-corrected chi connectivity index (χ4v) is 13.0. The number of benzene rings is 2. The minimum absolute atomic E-state index is 0.0987. The Morgan fingerprint density at radius 2 is 0.889 bits per heavy atom. The van der Waals surface area contributed by atoms with Crippen molar-refractivity contribution in [3.63, 3.8) is 0 Å².